The van der Waals surface area contributed by atoms with E-state index in [0.717, 1.165) is 5.69 Å². The third-order valence-electron chi connectivity index (χ3n) is 10.4. The number of hydrogen-bond acceptors (Lipinski definition) is 2. The summed E-state index contributed by atoms with van der Waals surface area (Å²) in [5.41, 5.74) is 13.9. The molecule has 0 amide bonds. The minimum absolute atomic E-state index is 0.0810. The van der Waals surface area contributed by atoms with Gasteiger partial charge >= 0.3 is 0 Å². The predicted molar refractivity (Wildman–Crippen MR) is 205 cm³/mol. The van der Waals surface area contributed by atoms with E-state index in [1.165, 1.54) is 81.5 Å². The van der Waals surface area contributed by atoms with Gasteiger partial charge < -0.3 is 4.90 Å². The minimum Gasteiger partial charge on any atom is -0.310 e. The minimum atomic E-state index is -0.0810. The SMILES string of the molecule is CC1(C)c2ccccc2-c2ccc(N(c3ccc(-c4c5ccccc5n5c4sc4ccccc45)cc3)c3cccc4ccccc34)cc21. The van der Waals surface area contributed by atoms with Crippen LogP contribution in [0.5, 0.6) is 0 Å². The van der Waals surface area contributed by atoms with Crippen molar-refractivity contribution < 1.29 is 0 Å². The first-order valence-electron chi connectivity index (χ1n) is 16.6. The molecule has 1 aliphatic rings. The molecular formula is C45H32N2S. The van der Waals surface area contributed by atoms with E-state index < -0.39 is 0 Å². The van der Waals surface area contributed by atoms with Crippen LogP contribution < -0.4 is 4.90 Å². The first-order valence-corrected chi connectivity index (χ1v) is 17.4. The first-order chi connectivity index (χ1) is 23.6. The maximum Gasteiger partial charge on any atom is 0.109 e. The fourth-order valence-corrected chi connectivity index (χ4v) is 9.34. The molecule has 7 aromatic carbocycles. The molecule has 2 aromatic heterocycles. The molecule has 0 saturated heterocycles. The second-order valence-corrected chi connectivity index (χ2v) is 14.4. The predicted octanol–water partition coefficient (Wildman–Crippen LogP) is 12.9. The average molecular weight is 633 g/mol. The van der Waals surface area contributed by atoms with Crippen LogP contribution >= 0.6 is 11.3 Å². The van der Waals surface area contributed by atoms with Gasteiger partial charge in [0.1, 0.15) is 4.83 Å². The summed E-state index contributed by atoms with van der Waals surface area (Å²) in [5.74, 6) is 0. The van der Waals surface area contributed by atoms with E-state index in [9.17, 15) is 0 Å². The molecule has 48 heavy (non-hydrogen) atoms. The Kier molecular flexibility index (Phi) is 5.82. The van der Waals surface area contributed by atoms with E-state index in [0.29, 0.717) is 0 Å². The van der Waals surface area contributed by atoms with Crippen LogP contribution in [0.15, 0.2) is 158 Å². The molecule has 1 aliphatic carbocycles. The van der Waals surface area contributed by atoms with Gasteiger partial charge in [0.25, 0.3) is 0 Å². The molecule has 0 bridgehead atoms. The molecule has 0 saturated carbocycles. The molecule has 0 fully saturated rings. The van der Waals surface area contributed by atoms with Gasteiger partial charge in [0.2, 0.25) is 0 Å². The molecule has 3 heteroatoms. The molecule has 0 unspecified atom stereocenters. The fourth-order valence-electron chi connectivity index (χ4n) is 8.10. The monoisotopic (exact) mass is 632 g/mol. The lowest BCUT2D eigenvalue weighted by molar-refractivity contribution is 0.660. The largest absolute Gasteiger partial charge is 0.310 e. The van der Waals surface area contributed by atoms with Crippen molar-refractivity contribution in [2.45, 2.75) is 19.3 Å². The highest BCUT2D eigenvalue weighted by Crippen LogP contribution is 2.51. The number of rotatable bonds is 4. The Labute approximate surface area is 283 Å². The van der Waals surface area contributed by atoms with Crippen molar-refractivity contribution >= 4 is 65.1 Å². The van der Waals surface area contributed by atoms with E-state index in [-0.39, 0.29) is 5.41 Å². The first kappa shape index (κ1) is 27.5. The van der Waals surface area contributed by atoms with Gasteiger partial charge in [-0.05, 0) is 81.7 Å². The summed E-state index contributed by atoms with van der Waals surface area (Å²) in [6.07, 6.45) is 0. The van der Waals surface area contributed by atoms with Gasteiger partial charge in [-0.3, -0.25) is 4.40 Å². The Hall–Kier alpha value is -5.64. The van der Waals surface area contributed by atoms with Crippen molar-refractivity contribution in [2.75, 3.05) is 4.90 Å². The standard InChI is InChI=1S/C45H32N2S/c1-45(2)37-17-7-5-15-34(37)35-27-26-32(28-38(35)45)46(39-20-11-13-29-12-3-4-14-33(29)39)31-24-22-30(23-25-31)43-36-16-6-8-18-40(36)47-41-19-9-10-21-42(41)48-44(43)47/h3-28H,1-2H3. The summed E-state index contributed by atoms with van der Waals surface area (Å²) in [6.45, 7) is 4.71. The molecular weight excluding hydrogens is 601 g/mol. The Morgan fingerprint density at radius 3 is 2.08 bits per heavy atom. The zero-order valence-electron chi connectivity index (χ0n) is 26.8. The summed E-state index contributed by atoms with van der Waals surface area (Å²) in [7, 11) is 0. The fraction of sp³-hybridized carbons (Fsp3) is 0.0667. The Bertz CT molecular complexity index is 2700. The molecule has 0 N–H and O–H groups in total. The number of hydrogen-bond donors (Lipinski definition) is 0. The molecule has 228 valence electrons. The number of anilines is 3. The van der Waals surface area contributed by atoms with Crippen LogP contribution in [0.3, 0.4) is 0 Å². The van der Waals surface area contributed by atoms with Crippen LogP contribution in [0.1, 0.15) is 25.0 Å². The Balaban J connectivity index is 1.17. The van der Waals surface area contributed by atoms with Crippen LogP contribution in [-0.2, 0) is 5.41 Å². The van der Waals surface area contributed by atoms with Crippen molar-refractivity contribution in [3.63, 3.8) is 0 Å². The van der Waals surface area contributed by atoms with Crippen molar-refractivity contribution in [1.29, 1.82) is 0 Å². The molecule has 0 radical (unpaired) electrons. The maximum atomic E-state index is 2.44. The maximum absolute atomic E-state index is 2.44. The summed E-state index contributed by atoms with van der Waals surface area (Å²) in [5, 5.41) is 3.75. The van der Waals surface area contributed by atoms with Gasteiger partial charge in [0.05, 0.1) is 21.4 Å². The molecule has 2 heterocycles. The molecule has 10 rings (SSSR count). The molecule has 9 aromatic rings. The van der Waals surface area contributed by atoms with Crippen molar-refractivity contribution in [2.24, 2.45) is 0 Å². The van der Waals surface area contributed by atoms with Crippen molar-refractivity contribution in [3.05, 3.63) is 169 Å². The summed E-state index contributed by atoms with van der Waals surface area (Å²) in [6, 6.07) is 58.0. The number of nitrogens with zero attached hydrogens (tertiary/aromatic N) is 2. The van der Waals surface area contributed by atoms with Crippen molar-refractivity contribution in [3.8, 4) is 22.3 Å². The van der Waals surface area contributed by atoms with E-state index in [1.807, 2.05) is 11.3 Å². The number of para-hydroxylation sites is 2. The molecule has 0 atom stereocenters. The van der Waals surface area contributed by atoms with Gasteiger partial charge in [-0.15, -0.1) is 11.3 Å². The van der Waals surface area contributed by atoms with Crippen LogP contribution in [0.25, 0.3) is 59.0 Å². The Morgan fingerprint density at radius 2 is 1.21 bits per heavy atom. The van der Waals surface area contributed by atoms with Gasteiger partial charge in [0, 0.05) is 33.1 Å². The third kappa shape index (κ3) is 3.85. The molecule has 0 spiro atoms. The van der Waals surface area contributed by atoms with Gasteiger partial charge in [-0.1, -0.05) is 123 Å². The lowest BCUT2D eigenvalue weighted by atomic mass is 9.82. The third-order valence-corrected chi connectivity index (χ3v) is 11.5. The zero-order valence-corrected chi connectivity index (χ0v) is 27.6. The molecule has 2 nitrogen and oxygen atoms in total. The summed E-state index contributed by atoms with van der Waals surface area (Å²) >= 11 is 1.87. The van der Waals surface area contributed by atoms with Crippen LogP contribution in [0, 0.1) is 0 Å². The van der Waals surface area contributed by atoms with Crippen molar-refractivity contribution in [1.82, 2.24) is 4.40 Å². The second-order valence-electron chi connectivity index (χ2n) is 13.4. The van der Waals surface area contributed by atoms with Crippen LogP contribution in [-0.4, -0.2) is 4.40 Å². The lowest BCUT2D eigenvalue weighted by Gasteiger charge is -2.29. The van der Waals surface area contributed by atoms with E-state index >= 15 is 0 Å². The smallest absolute Gasteiger partial charge is 0.109 e. The van der Waals surface area contributed by atoms with E-state index in [2.05, 4.69) is 181 Å². The number of benzene rings is 7. The Morgan fingerprint density at radius 1 is 0.542 bits per heavy atom. The summed E-state index contributed by atoms with van der Waals surface area (Å²) < 4.78 is 3.74. The highest BCUT2D eigenvalue weighted by molar-refractivity contribution is 7.24. The van der Waals surface area contributed by atoms with Gasteiger partial charge in [-0.2, -0.15) is 0 Å². The normalized spacial score (nSPS) is 13.4. The topological polar surface area (TPSA) is 7.65 Å². The van der Waals surface area contributed by atoms with E-state index in [4.69, 9.17) is 0 Å². The van der Waals surface area contributed by atoms with Crippen LogP contribution in [0.4, 0.5) is 17.1 Å². The number of thiazole rings is 1. The second kappa shape index (κ2) is 10.2. The zero-order chi connectivity index (χ0) is 32.0. The van der Waals surface area contributed by atoms with Gasteiger partial charge in [-0.25, -0.2) is 0 Å². The quantitative estimate of drug-likeness (QED) is 0.187. The summed E-state index contributed by atoms with van der Waals surface area (Å²) in [4.78, 5) is 3.73. The lowest BCUT2D eigenvalue weighted by Crippen LogP contribution is -2.16. The highest BCUT2D eigenvalue weighted by Gasteiger charge is 2.35. The number of fused-ring (bicyclic) bond motifs is 9. The van der Waals surface area contributed by atoms with E-state index in [1.54, 1.807) is 0 Å². The van der Waals surface area contributed by atoms with Crippen LogP contribution in [0.2, 0.25) is 0 Å². The van der Waals surface area contributed by atoms with Gasteiger partial charge in [0.15, 0.2) is 0 Å². The molecule has 0 aliphatic heterocycles. The number of aromatic nitrogens is 1. The highest BCUT2D eigenvalue weighted by atomic mass is 32.1. The average Bonchev–Trinajstić information content (AvgIpc) is 3.74.